The fourth-order valence-electron chi connectivity index (χ4n) is 4.84. The number of likely N-dealkylation sites (tertiary alicyclic amines) is 1. The van der Waals surface area contributed by atoms with Crippen LogP contribution in [0.2, 0.25) is 0 Å². The van der Waals surface area contributed by atoms with Gasteiger partial charge in [-0.2, -0.15) is 18.3 Å². The lowest BCUT2D eigenvalue weighted by Crippen LogP contribution is -2.40. The third-order valence-corrected chi connectivity index (χ3v) is 6.76. The van der Waals surface area contributed by atoms with Crippen molar-refractivity contribution >= 4 is 5.91 Å². The minimum absolute atomic E-state index is 0.0289. The highest BCUT2D eigenvalue weighted by Crippen LogP contribution is 2.42. The zero-order valence-corrected chi connectivity index (χ0v) is 19.4. The first-order valence-electron chi connectivity index (χ1n) is 12.0. The maximum atomic E-state index is 13.6. The summed E-state index contributed by atoms with van der Waals surface area (Å²) in [6.45, 7) is 4.70. The number of nitrogens with zero attached hydrogens (tertiary/aromatic N) is 5. The molecule has 1 saturated heterocycles. The number of rotatable bonds is 7. The monoisotopic (exact) mass is 484 g/mol. The van der Waals surface area contributed by atoms with Gasteiger partial charge in [-0.15, -0.1) is 0 Å². The van der Waals surface area contributed by atoms with Crippen molar-refractivity contribution in [1.29, 1.82) is 0 Å². The molecule has 0 bridgehead atoms. The SMILES string of the molecule is CCN1CCC[C@H]1CNC(=O)c1cnn(-c2nccc(-c3ccccc3C(F)(F)F)n2)c1C1CC1. The van der Waals surface area contributed by atoms with Crippen molar-refractivity contribution < 1.29 is 18.0 Å². The molecule has 10 heteroatoms. The number of halogens is 3. The van der Waals surface area contributed by atoms with E-state index in [0.29, 0.717) is 23.8 Å². The standard InChI is InChI=1S/C25H27F3N6O/c1-2-33-13-5-6-17(33)14-30-23(35)19-15-31-34(22(19)16-9-10-16)24-29-12-11-21(32-24)18-7-3-4-8-20(18)25(26,27)28/h3-4,7-8,11-12,15-17H,2,5-6,9-10,13-14H2,1H3,(H,30,35)/t17-/m0/s1. The Morgan fingerprint density at radius 3 is 2.71 bits per heavy atom. The summed E-state index contributed by atoms with van der Waals surface area (Å²) >= 11 is 0. The number of benzene rings is 1. The number of hydrogen-bond donors (Lipinski definition) is 1. The molecule has 1 aromatic carbocycles. The Morgan fingerprint density at radius 1 is 1.17 bits per heavy atom. The van der Waals surface area contributed by atoms with E-state index in [2.05, 4.69) is 32.2 Å². The molecule has 1 amide bonds. The quantitative estimate of drug-likeness (QED) is 0.537. The predicted octanol–water partition coefficient (Wildman–Crippen LogP) is 4.44. The van der Waals surface area contributed by atoms with Gasteiger partial charge in [0.05, 0.1) is 28.7 Å². The van der Waals surface area contributed by atoms with E-state index in [1.807, 2.05) is 0 Å². The summed E-state index contributed by atoms with van der Waals surface area (Å²) in [5.74, 6) is 0.0969. The Balaban J connectivity index is 1.44. The van der Waals surface area contributed by atoms with E-state index in [0.717, 1.165) is 44.8 Å². The van der Waals surface area contributed by atoms with Crippen LogP contribution in [0.5, 0.6) is 0 Å². The second-order valence-electron chi connectivity index (χ2n) is 9.05. The smallest absolute Gasteiger partial charge is 0.350 e. The van der Waals surface area contributed by atoms with E-state index in [1.165, 1.54) is 35.3 Å². The molecule has 2 aromatic heterocycles. The van der Waals surface area contributed by atoms with Gasteiger partial charge >= 0.3 is 6.18 Å². The molecule has 7 nitrogen and oxygen atoms in total. The van der Waals surface area contributed by atoms with E-state index < -0.39 is 11.7 Å². The summed E-state index contributed by atoms with van der Waals surface area (Å²) in [5.41, 5.74) is 0.534. The molecule has 0 spiro atoms. The van der Waals surface area contributed by atoms with Crippen molar-refractivity contribution in [3.63, 3.8) is 0 Å². The van der Waals surface area contributed by atoms with E-state index in [1.54, 1.807) is 6.07 Å². The molecule has 3 heterocycles. The fourth-order valence-corrected chi connectivity index (χ4v) is 4.84. The molecule has 5 rings (SSSR count). The van der Waals surface area contributed by atoms with Crippen LogP contribution in [-0.2, 0) is 6.18 Å². The topological polar surface area (TPSA) is 75.9 Å². The van der Waals surface area contributed by atoms with Crippen molar-refractivity contribution in [2.45, 2.75) is 50.7 Å². The normalized spacial score (nSPS) is 18.7. The Hall–Kier alpha value is -3.27. The molecule has 1 N–H and O–H groups in total. The number of carbonyl (C=O) groups is 1. The highest BCUT2D eigenvalue weighted by atomic mass is 19.4. The molecule has 35 heavy (non-hydrogen) atoms. The summed E-state index contributed by atoms with van der Waals surface area (Å²) in [7, 11) is 0. The van der Waals surface area contributed by atoms with E-state index >= 15 is 0 Å². The molecular weight excluding hydrogens is 457 g/mol. The number of alkyl halides is 3. The largest absolute Gasteiger partial charge is 0.417 e. The summed E-state index contributed by atoms with van der Waals surface area (Å²) in [5, 5.41) is 7.44. The van der Waals surface area contributed by atoms with Crippen molar-refractivity contribution in [2.24, 2.45) is 0 Å². The number of amides is 1. The maximum Gasteiger partial charge on any atom is 0.417 e. The van der Waals surface area contributed by atoms with Gasteiger partial charge in [0.15, 0.2) is 0 Å². The summed E-state index contributed by atoms with van der Waals surface area (Å²) in [6, 6.07) is 7.10. The first-order valence-corrected chi connectivity index (χ1v) is 12.0. The Kier molecular flexibility index (Phi) is 6.31. The molecule has 2 aliphatic rings. The van der Waals surface area contributed by atoms with Gasteiger partial charge in [0.1, 0.15) is 0 Å². The molecule has 1 aliphatic heterocycles. The molecule has 1 atom stereocenters. The number of aromatic nitrogens is 4. The second kappa shape index (κ2) is 9.41. The van der Waals surface area contributed by atoms with Crippen LogP contribution < -0.4 is 5.32 Å². The predicted molar refractivity (Wildman–Crippen MR) is 124 cm³/mol. The zero-order chi connectivity index (χ0) is 24.6. The minimum atomic E-state index is -4.51. The van der Waals surface area contributed by atoms with Crippen molar-refractivity contribution in [3.05, 3.63) is 59.5 Å². The Morgan fingerprint density at radius 2 is 1.97 bits per heavy atom. The third-order valence-electron chi connectivity index (χ3n) is 6.76. The van der Waals surface area contributed by atoms with Gasteiger partial charge in [0.25, 0.3) is 11.9 Å². The van der Waals surface area contributed by atoms with Gasteiger partial charge in [-0.25, -0.2) is 14.6 Å². The van der Waals surface area contributed by atoms with E-state index in [9.17, 15) is 18.0 Å². The Labute approximate surface area is 201 Å². The first kappa shape index (κ1) is 23.5. The van der Waals surface area contributed by atoms with Crippen LogP contribution in [0.4, 0.5) is 13.2 Å². The lowest BCUT2D eigenvalue weighted by molar-refractivity contribution is -0.137. The fraction of sp³-hybridized carbons (Fsp3) is 0.440. The number of carbonyl (C=O) groups excluding carboxylic acids is 1. The van der Waals surface area contributed by atoms with E-state index in [-0.39, 0.29) is 29.0 Å². The lowest BCUT2D eigenvalue weighted by Gasteiger charge is -2.22. The highest BCUT2D eigenvalue weighted by Gasteiger charge is 2.35. The molecule has 2 fully saturated rings. The third kappa shape index (κ3) is 4.80. The van der Waals surface area contributed by atoms with Crippen LogP contribution in [0, 0.1) is 0 Å². The van der Waals surface area contributed by atoms with Gasteiger partial charge in [0, 0.05) is 30.3 Å². The van der Waals surface area contributed by atoms with Crippen LogP contribution >= 0.6 is 0 Å². The molecule has 0 unspecified atom stereocenters. The van der Waals surface area contributed by atoms with Gasteiger partial charge in [-0.1, -0.05) is 25.1 Å². The van der Waals surface area contributed by atoms with Crippen molar-refractivity contribution in [3.8, 4) is 17.2 Å². The van der Waals surface area contributed by atoms with Crippen LogP contribution in [0.25, 0.3) is 17.2 Å². The average molecular weight is 485 g/mol. The number of nitrogens with one attached hydrogen (secondary N) is 1. The molecule has 0 radical (unpaired) electrons. The van der Waals surface area contributed by atoms with Crippen LogP contribution in [-0.4, -0.2) is 56.2 Å². The molecule has 1 saturated carbocycles. The van der Waals surface area contributed by atoms with Crippen LogP contribution in [0.3, 0.4) is 0 Å². The molecule has 184 valence electrons. The number of hydrogen-bond acceptors (Lipinski definition) is 5. The zero-order valence-electron chi connectivity index (χ0n) is 19.4. The number of likely N-dealkylation sites (N-methyl/N-ethyl adjacent to an activating group) is 1. The van der Waals surface area contributed by atoms with Crippen molar-refractivity contribution in [2.75, 3.05) is 19.6 Å². The summed E-state index contributed by atoms with van der Waals surface area (Å²) in [6.07, 6.45) is 2.43. The Bertz CT molecular complexity index is 1220. The van der Waals surface area contributed by atoms with Crippen LogP contribution in [0.1, 0.15) is 60.1 Å². The minimum Gasteiger partial charge on any atom is -0.350 e. The van der Waals surface area contributed by atoms with Gasteiger partial charge < -0.3 is 5.32 Å². The summed E-state index contributed by atoms with van der Waals surface area (Å²) < 4.78 is 42.2. The van der Waals surface area contributed by atoms with E-state index in [4.69, 9.17) is 0 Å². The molecule has 3 aromatic rings. The molecule has 1 aliphatic carbocycles. The van der Waals surface area contributed by atoms with Gasteiger partial charge in [0.2, 0.25) is 0 Å². The van der Waals surface area contributed by atoms with Gasteiger partial charge in [-0.3, -0.25) is 9.69 Å². The van der Waals surface area contributed by atoms with Crippen LogP contribution in [0.15, 0.2) is 42.7 Å². The molecular formula is C25H27F3N6O. The van der Waals surface area contributed by atoms with Gasteiger partial charge in [-0.05, 0) is 50.9 Å². The summed E-state index contributed by atoms with van der Waals surface area (Å²) in [4.78, 5) is 24.1. The lowest BCUT2D eigenvalue weighted by atomic mass is 10.0. The maximum absolute atomic E-state index is 13.6. The highest BCUT2D eigenvalue weighted by molar-refractivity contribution is 5.95. The second-order valence-corrected chi connectivity index (χ2v) is 9.05. The first-order chi connectivity index (χ1) is 16.9. The van der Waals surface area contributed by atoms with Crippen molar-refractivity contribution in [1.82, 2.24) is 30.0 Å². The average Bonchev–Trinajstić information content (AvgIpc) is 3.42.